The van der Waals surface area contributed by atoms with E-state index in [4.69, 9.17) is 4.74 Å². The van der Waals surface area contributed by atoms with Gasteiger partial charge in [0.2, 0.25) is 5.60 Å². The number of piperidine rings is 3. The van der Waals surface area contributed by atoms with Gasteiger partial charge in [-0.1, -0.05) is 78.9 Å². The van der Waals surface area contributed by atoms with Gasteiger partial charge in [0.1, 0.15) is 6.54 Å². The number of hydrogen-bond acceptors (Lipinski definition) is 4. The van der Waals surface area contributed by atoms with Crippen LogP contribution < -0.4 is 5.32 Å². The number of ether oxygens (including phenoxy) is 1. The van der Waals surface area contributed by atoms with Gasteiger partial charge < -0.3 is 19.6 Å². The highest BCUT2D eigenvalue weighted by atomic mass is 16.6. The van der Waals surface area contributed by atoms with E-state index in [9.17, 15) is 14.7 Å². The van der Waals surface area contributed by atoms with Crippen molar-refractivity contribution in [3.8, 4) is 0 Å². The fourth-order valence-corrected chi connectivity index (χ4v) is 5.59. The molecular weight excluding hydrogens is 440 g/mol. The molecule has 3 aromatic carbocycles. The van der Waals surface area contributed by atoms with E-state index in [0.717, 1.165) is 31.6 Å². The number of anilines is 1. The second-order valence-corrected chi connectivity index (χ2v) is 9.77. The Hall–Kier alpha value is -3.48. The quantitative estimate of drug-likeness (QED) is 0.407. The number of benzene rings is 3. The van der Waals surface area contributed by atoms with Crippen molar-refractivity contribution in [2.75, 3.05) is 31.5 Å². The third kappa shape index (κ3) is 4.72. The Bertz CT molecular complexity index is 1120. The number of fused-ring (bicyclic) bond motifs is 3. The zero-order chi connectivity index (χ0) is 24.3. The fourth-order valence-electron chi connectivity index (χ4n) is 5.59. The average molecular weight is 472 g/mol. The van der Waals surface area contributed by atoms with Gasteiger partial charge in [0.05, 0.1) is 13.1 Å². The third-order valence-corrected chi connectivity index (χ3v) is 7.52. The molecule has 180 valence electrons. The van der Waals surface area contributed by atoms with Crippen molar-refractivity contribution in [1.82, 2.24) is 0 Å². The summed E-state index contributed by atoms with van der Waals surface area (Å²) in [5, 5.41) is 14.7. The number of para-hydroxylation sites is 1. The normalized spacial score (nSPS) is 23.5. The van der Waals surface area contributed by atoms with E-state index >= 15 is 0 Å². The first-order valence-corrected chi connectivity index (χ1v) is 12.2. The van der Waals surface area contributed by atoms with Crippen LogP contribution in [0.25, 0.3) is 0 Å². The molecule has 2 bridgehead atoms. The monoisotopic (exact) mass is 471 g/mol. The number of quaternary nitrogens is 1. The van der Waals surface area contributed by atoms with E-state index in [1.165, 1.54) is 0 Å². The fraction of sp³-hybridized carbons (Fsp3) is 0.310. The van der Waals surface area contributed by atoms with Crippen LogP contribution in [0.5, 0.6) is 0 Å². The van der Waals surface area contributed by atoms with E-state index < -0.39 is 11.6 Å². The van der Waals surface area contributed by atoms with E-state index in [-0.39, 0.29) is 17.9 Å². The molecule has 6 heteroatoms. The lowest BCUT2D eigenvalue weighted by atomic mass is 9.82. The number of nitrogens with one attached hydrogen (secondary N) is 1. The summed E-state index contributed by atoms with van der Waals surface area (Å²) in [6, 6.07) is 27.3. The first-order valence-electron chi connectivity index (χ1n) is 12.2. The highest BCUT2D eigenvalue weighted by Gasteiger charge is 2.51. The van der Waals surface area contributed by atoms with E-state index in [1.807, 2.05) is 42.5 Å². The Morgan fingerprint density at radius 2 is 1.37 bits per heavy atom. The molecule has 0 spiro atoms. The van der Waals surface area contributed by atoms with Crippen LogP contribution in [0.4, 0.5) is 5.69 Å². The molecule has 6 rings (SSSR count). The van der Waals surface area contributed by atoms with Crippen molar-refractivity contribution >= 4 is 17.6 Å². The first kappa shape index (κ1) is 23.3. The van der Waals surface area contributed by atoms with Crippen LogP contribution in [0.2, 0.25) is 0 Å². The number of rotatable bonds is 7. The molecule has 3 aliphatic rings. The highest BCUT2D eigenvalue weighted by Crippen LogP contribution is 2.38. The first-order chi connectivity index (χ1) is 17.0. The summed E-state index contributed by atoms with van der Waals surface area (Å²) in [7, 11) is 0. The van der Waals surface area contributed by atoms with Gasteiger partial charge in [-0.3, -0.25) is 4.79 Å². The van der Waals surface area contributed by atoms with Gasteiger partial charge in [-0.15, -0.1) is 0 Å². The lowest BCUT2D eigenvalue weighted by Crippen LogP contribution is -2.66. The summed E-state index contributed by atoms with van der Waals surface area (Å²) in [4.78, 5) is 26.5. The van der Waals surface area contributed by atoms with Crippen LogP contribution >= 0.6 is 0 Å². The van der Waals surface area contributed by atoms with Crippen molar-refractivity contribution in [1.29, 1.82) is 0 Å². The second kappa shape index (κ2) is 9.64. The van der Waals surface area contributed by atoms with Crippen LogP contribution in [0.1, 0.15) is 24.0 Å². The number of aliphatic hydroxyl groups is 1. The molecule has 0 aromatic heterocycles. The van der Waals surface area contributed by atoms with Gasteiger partial charge in [0.15, 0.2) is 12.6 Å². The van der Waals surface area contributed by atoms with Crippen LogP contribution in [0.3, 0.4) is 0 Å². The van der Waals surface area contributed by atoms with Crippen molar-refractivity contribution < 1.29 is 23.9 Å². The maximum Gasteiger partial charge on any atom is 0.348 e. The molecule has 0 aliphatic carbocycles. The minimum atomic E-state index is -1.90. The van der Waals surface area contributed by atoms with Crippen LogP contribution in [-0.2, 0) is 19.9 Å². The lowest BCUT2D eigenvalue weighted by Gasteiger charge is -2.51. The number of esters is 1. The maximum atomic E-state index is 13.6. The molecule has 3 fully saturated rings. The molecule has 1 atom stereocenters. The molecule has 0 unspecified atom stereocenters. The Morgan fingerprint density at radius 1 is 0.857 bits per heavy atom. The highest BCUT2D eigenvalue weighted by molar-refractivity contribution is 5.91. The maximum absolute atomic E-state index is 13.6. The lowest BCUT2D eigenvalue weighted by molar-refractivity contribution is -0.939. The number of nitrogens with zero attached hydrogens (tertiary/aromatic N) is 1. The van der Waals surface area contributed by atoms with E-state index in [2.05, 4.69) is 5.32 Å². The van der Waals surface area contributed by atoms with Gasteiger partial charge in [-0.25, -0.2) is 4.79 Å². The SMILES string of the molecule is O=C(C[N+]12CCC(CC1)[C@@H](OC(=O)C(O)(c1ccccc1)c1ccccc1)C2)Nc1ccccc1. The molecule has 0 radical (unpaired) electrons. The standard InChI is InChI=1S/C29H30N2O4/c32-27(30-25-14-8-3-9-15-25)21-31-18-16-22(17-19-31)26(20-31)35-28(33)29(34,23-10-4-1-5-11-23)24-12-6-2-7-13-24/h1-15,22,26,34H,16-21H2/p+1/t22?,26-,31?/m0/s1. The third-order valence-electron chi connectivity index (χ3n) is 7.52. The predicted octanol–water partition coefficient (Wildman–Crippen LogP) is 3.71. The molecule has 3 heterocycles. The van der Waals surface area contributed by atoms with Crippen LogP contribution in [0.15, 0.2) is 91.0 Å². The van der Waals surface area contributed by atoms with Crippen LogP contribution in [-0.4, -0.2) is 53.7 Å². The Balaban J connectivity index is 1.34. The molecule has 0 saturated carbocycles. The van der Waals surface area contributed by atoms with E-state index in [0.29, 0.717) is 28.7 Å². The van der Waals surface area contributed by atoms with Crippen molar-refractivity contribution in [3.63, 3.8) is 0 Å². The van der Waals surface area contributed by atoms with E-state index in [1.54, 1.807) is 48.5 Å². The molecule has 3 saturated heterocycles. The second-order valence-electron chi connectivity index (χ2n) is 9.77. The smallest absolute Gasteiger partial charge is 0.348 e. The minimum absolute atomic E-state index is 0.0355. The van der Waals surface area contributed by atoms with Gasteiger partial charge in [-0.05, 0) is 23.3 Å². The molecule has 1 amide bonds. The summed E-state index contributed by atoms with van der Waals surface area (Å²) >= 11 is 0. The van der Waals surface area contributed by atoms with Crippen molar-refractivity contribution in [3.05, 3.63) is 102 Å². The number of carbonyl (C=O) groups excluding carboxylic acids is 2. The molecular formula is C29H31N2O4+. The Labute approximate surface area is 205 Å². The summed E-state index contributed by atoms with van der Waals surface area (Å²) < 4.78 is 6.69. The summed E-state index contributed by atoms with van der Waals surface area (Å²) in [5.41, 5.74) is -0.169. The zero-order valence-corrected chi connectivity index (χ0v) is 19.7. The number of amides is 1. The average Bonchev–Trinajstić information content (AvgIpc) is 2.90. The van der Waals surface area contributed by atoms with Gasteiger partial charge in [0.25, 0.3) is 5.91 Å². The summed E-state index contributed by atoms with van der Waals surface area (Å²) in [6.07, 6.45) is 1.45. The minimum Gasteiger partial charge on any atom is -0.453 e. The Morgan fingerprint density at radius 3 is 1.91 bits per heavy atom. The zero-order valence-electron chi connectivity index (χ0n) is 19.7. The van der Waals surface area contributed by atoms with Crippen LogP contribution in [0, 0.1) is 5.92 Å². The topological polar surface area (TPSA) is 75.6 Å². The number of carbonyl (C=O) groups is 2. The van der Waals surface area contributed by atoms with Gasteiger partial charge in [-0.2, -0.15) is 0 Å². The predicted molar refractivity (Wildman–Crippen MR) is 133 cm³/mol. The van der Waals surface area contributed by atoms with Gasteiger partial charge in [0, 0.05) is 24.4 Å². The molecule has 2 N–H and O–H groups in total. The largest absolute Gasteiger partial charge is 0.453 e. The van der Waals surface area contributed by atoms with Crippen molar-refractivity contribution in [2.24, 2.45) is 5.92 Å². The molecule has 3 aliphatic heterocycles. The molecule has 6 nitrogen and oxygen atoms in total. The Kier molecular flexibility index (Phi) is 6.41. The summed E-state index contributed by atoms with van der Waals surface area (Å²) in [5.74, 6) is -0.459. The molecule has 3 aromatic rings. The van der Waals surface area contributed by atoms with Crippen molar-refractivity contribution in [2.45, 2.75) is 24.5 Å². The summed E-state index contributed by atoms with van der Waals surface area (Å²) in [6.45, 7) is 2.71. The van der Waals surface area contributed by atoms with Gasteiger partial charge >= 0.3 is 5.97 Å². The number of hydrogen-bond donors (Lipinski definition) is 2. The molecule has 35 heavy (non-hydrogen) atoms.